The molecule has 0 aliphatic heterocycles. The smallest absolute Gasteiger partial charge is 0.244 e. The van der Waals surface area contributed by atoms with Crippen LogP contribution in [0.2, 0.25) is 0 Å². The number of methoxy groups -OCH3 is 1. The molecule has 0 heterocycles. The van der Waals surface area contributed by atoms with E-state index in [1.165, 1.54) is 4.31 Å². The molecule has 1 N–H and O–H groups in total. The second-order valence-corrected chi connectivity index (χ2v) is 9.43. The molecule has 0 radical (unpaired) electrons. The molecule has 0 fully saturated rings. The van der Waals surface area contributed by atoms with Crippen LogP contribution in [0.4, 0.5) is 5.69 Å². The van der Waals surface area contributed by atoms with Crippen molar-refractivity contribution in [1.82, 2.24) is 5.32 Å². The Hall–Kier alpha value is -2.54. The molecule has 0 spiro atoms. The first-order chi connectivity index (χ1) is 14.1. The van der Waals surface area contributed by atoms with Gasteiger partial charge in [0.1, 0.15) is 11.8 Å². The summed E-state index contributed by atoms with van der Waals surface area (Å²) in [4.78, 5) is 13.2. The minimum absolute atomic E-state index is 0.224. The highest BCUT2D eigenvalue weighted by atomic mass is 32.2. The molecular formula is C23H32N2O4S. The molecule has 0 unspecified atom stereocenters. The average Bonchev–Trinajstić information content (AvgIpc) is 2.68. The molecule has 0 aliphatic carbocycles. The third-order valence-corrected chi connectivity index (χ3v) is 6.21. The van der Waals surface area contributed by atoms with Gasteiger partial charge >= 0.3 is 0 Å². The number of carbonyl (C=O) groups excluding carboxylic acids is 1. The third-order valence-electron chi connectivity index (χ3n) is 5.03. The molecule has 0 aromatic heterocycles. The lowest BCUT2D eigenvalue weighted by Crippen LogP contribution is -2.50. The van der Waals surface area contributed by atoms with Crippen LogP contribution in [0.25, 0.3) is 0 Å². The van der Waals surface area contributed by atoms with Crippen LogP contribution in [-0.2, 0) is 14.8 Å². The van der Waals surface area contributed by atoms with Crippen molar-refractivity contribution in [3.63, 3.8) is 0 Å². The lowest BCUT2D eigenvalue weighted by atomic mass is 10.0. The third kappa shape index (κ3) is 5.75. The number of hydrogen-bond donors (Lipinski definition) is 1. The molecule has 164 valence electrons. The zero-order valence-corrected chi connectivity index (χ0v) is 19.4. The number of rotatable bonds is 9. The number of nitrogens with one attached hydrogen (secondary N) is 1. The SMILES string of the molecule is CC[C@H](NC(=O)[C@@H](CC)N(c1cc(C)cc(C)c1)S(C)(=O)=O)c1ccc(OC)cc1. The van der Waals surface area contributed by atoms with E-state index in [0.717, 1.165) is 28.7 Å². The zero-order valence-electron chi connectivity index (χ0n) is 18.6. The summed E-state index contributed by atoms with van der Waals surface area (Å²) in [6.07, 6.45) is 2.17. The van der Waals surface area contributed by atoms with Crippen LogP contribution in [0, 0.1) is 13.8 Å². The maximum Gasteiger partial charge on any atom is 0.244 e. The van der Waals surface area contributed by atoms with Crippen LogP contribution in [0.15, 0.2) is 42.5 Å². The maximum atomic E-state index is 13.2. The van der Waals surface area contributed by atoms with Gasteiger partial charge in [-0.2, -0.15) is 0 Å². The summed E-state index contributed by atoms with van der Waals surface area (Å²) in [7, 11) is -2.06. The van der Waals surface area contributed by atoms with Crippen LogP contribution in [-0.4, -0.2) is 33.7 Å². The number of amides is 1. The average molecular weight is 433 g/mol. The van der Waals surface area contributed by atoms with E-state index in [4.69, 9.17) is 4.74 Å². The van der Waals surface area contributed by atoms with Crippen molar-refractivity contribution in [3.05, 3.63) is 59.2 Å². The second-order valence-electron chi connectivity index (χ2n) is 7.57. The van der Waals surface area contributed by atoms with E-state index in [9.17, 15) is 13.2 Å². The molecule has 30 heavy (non-hydrogen) atoms. The number of anilines is 1. The van der Waals surface area contributed by atoms with Crippen molar-refractivity contribution in [2.24, 2.45) is 0 Å². The van der Waals surface area contributed by atoms with Crippen LogP contribution < -0.4 is 14.4 Å². The Bertz CT molecular complexity index is 951. The van der Waals surface area contributed by atoms with Crippen molar-refractivity contribution in [2.75, 3.05) is 17.7 Å². The molecule has 2 rings (SSSR count). The van der Waals surface area contributed by atoms with Crippen molar-refractivity contribution < 1.29 is 17.9 Å². The number of nitrogens with zero attached hydrogens (tertiary/aromatic N) is 1. The number of ether oxygens (including phenoxy) is 1. The standard InChI is InChI=1S/C23H32N2O4S/c1-7-21(18-9-11-20(29-5)12-10-18)24-23(26)22(8-2)25(30(6,27)28)19-14-16(3)13-17(4)15-19/h9-15,21-22H,7-8H2,1-6H3,(H,24,26)/t21-,22+/m0/s1. The fourth-order valence-electron chi connectivity index (χ4n) is 3.66. The van der Waals surface area contributed by atoms with Gasteiger partial charge in [0.05, 0.1) is 25.1 Å². The monoisotopic (exact) mass is 432 g/mol. The molecule has 6 nitrogen and oxygen atoms in total. The normalized spacial score (nSPS) is 13.4. The van der Waals surface area contributed by atoms with Gasteiger partial charge in [0.25, 0.3) is 0 Å². The van der Waals surface area contributed by atoms with Crippen molar-refractivity contribution in [2.45, 2.75) is 52.6 Å². The zero-order chi connectivity index (χ0) is 22.5. The highest BCUT2D eigenvalue weighted by molar-refractivity contribution is 7.92. The highest BCUT2D eigenvalue weighted by Crippen LogP contribution is 2.26. The minimum atomic E-state index is -3.67. The summed E-state index contributed by atoms with van der Waals surface area (Å²) in [5.41, 5.74) is 3.34. The fourth-order valence-corrected chi connectivity index (χ4v) is 4.86. The summed E-state index contributed by atoms with van der Waals surface area (Å²) in [6.45, 7) is 7.62. The van der Waals surface area contributed by atoms with Gasteiger partial charge in [0.2, 0.25) is 15.9 Å². The molecule has 0 saturated carbocycles. The van der Waals surface area contributed by atoms with Crippen molar-refractivity contribution in [1.29, 1.82) is 0 Å². The lowest BCUT2D eigenvalue weighted by molar-refractivity contribution is -0.123. The summed E-state index contributed by atoms with van der Waals surface area (Å²) >= 11 is 0. The number of hydrogen-bond acceptors (Lipinski definition) is 4. The van der Waals surface area contributed by atoms with Crippen LogP contribution in [0.5, 0.6) is 5.75 Å². The Morgan fingerprint density at radius 2 is 1.60 bits per heavy atom. The van der Waals surface area contributed by atoms with Gasteiger partial charge in [0.15, 0.2) is 0 Å². The Morgan fingerprint density at radius 1 is 1.03 bits per heavy atom. The molecule has 2 atom stereocenters. The van der Waals surface area contributed by atoms with Crippen LogP contribution in [0.3, 0.4) is 0 Å². The van der Waals surface area contributed by atoms with Gasteiger partial charge in [-0.25, -0.2) is 8.42 Å². The first-order valence-corrected chi connectivity index (χ1v) is 12.0. The molecule has 2 aromatic rings. The Balaban J connectivity index is 2.36. The number of benzene rings is 2. The number of sulfonamides is 1. The Morgan fingerprint density at radius 3 is 2.03 bits per heavy atom. The summed E-state index contributed by atoms with van der Waals surface area (Å²) in [5.74, 6) is 0.425. The molecule has 0 saturated heterocycles. The van der Waals surface area contributed by atoms with Crippen molar-refractivity contribution in [3.8, 4) is 5.75 Å². The number of aryl methyl sites for hydroxylation is 2. The van der Waals surface area contributed by atoms with Gasteiger partial charge in [-0.3, -0.25) is 9.10 Å². The second kappa shape index (κ2) is 9.98. The quantitative estimate of drug-likeness (QED) is 0.647. The summed E-state index contributed by atoms with van der Waals surface area (Å²) in [5, 5.41) is 3.04. The summed E-state index contributed by atoms with van der Waals surface area (Å²) in [6, 6.07) is 12.0. The largest absolute Gasteiger partial charge is 0.497 e. The fraction of sp³-hybridized carbons (Fsp3) is 0.435. The summed E-state index contributed by atoms with van der Waals surface area (Å²) < 4.78 is 31.8. The Kier molecular flexibility index (Phi) is 7.89. The molecular weight excluding hydrogens is 400 g/mol. The van der Waals surface area contributed by atoms with Crippen molar-refractivity contribution >= 4 is 21.6 Å². The molecule has 7 heteroatoms. The topological polar surface area (TPSA) is 75.7 Å². The van der Waals surface area contributed by atoms with Gasteiger partial charge in [-0.1, -0.05) is 32.0 Å². The molecule has 0 aliphatic rings. The highest BCUT2D eigenvalue weighted by Gasteiger charge is 2.32. The van der Waals surface area contributed by atoms with E-state index in [1.54, 1.807) is 19.2 Å². The van der Waals surface area contributed by atoms with Gasteiger partial charge in [-0.05, 0) is 67.6 Å². The van der Waals surface area contributed by atoms with E-state index in [-0.39, 0.29) is 11.9 Å². The van der Waals surface area contributed by atoms with E-state index in [0.29, 0.717) is 18.5 Å². The molecule has 1 amide bonds. The minimum Gasteiger partial charge on any atom is -0.497 e. The predicted octanol–water partition coefficient (Wildman–Crippen LogP) is 4.12. The first-order valence-electron chi connectivity index (χ1n) is 10.1. The van der Waals surface area contributed by atoms with E-state index < -0.39 is 16.1 Å². The molecule has 0 bridgehead atoms. The molecule has 2 aromatic carbocycles. The van der Waals surface area contributed by atoms with Crippen LogP contribution in [0.1, 0.15) is 49.4 Å². The predicted molar refractivity (Wildman–Crippen MR) is 121 cm³/mol. The van der Waals surface area contributed by atoms with E-state index in [1.807, 2.05) is 58.0 Å². The number of carbonyl (C=O) groups is 1. The maximum absolute atomic E-state index is 13.2. The van der Waals surface area contributed by atoms with Crippen LogP contribution >= 0.6 is 0 Å². The van der Waals surface area contributed by atoms with E-state index in [2.05, 4.69) is 5.32 Å². The lowest BCUT2D eigenvalue weighted by Gasteiger charge is -2.32. The van der Waals surface area contributed by atoms with Gasteiger partial charge in [0, 0.05) is 0 Å². The first kappa shape index (κ1) is 23.7. The van der Waals surface area contributed by atoms with Gasteiger partial charge in [-0.15, -0.1) is 0 Å². The Labute approximate surface area is 180 Å². The van der Waals surface area contributed by atoms with E-state index >= 15 is 0 Å². The van der Waals surface area contributed by atoms with Gasteiger partial charge < -0.3 is 10.1 Å².